The minimum atomic E-state index is -0.775. The van der Waals surface area contributed by atoms with Gasteiger partial charge in [0.05, 0.1) is 18.0 Å². The lowest BCUT2D eigenvalue weighted by Crippen LogP contribution is -2.50. The minimum Gasteiger partial charge on any atom is -0.481 e. The lowest BCUT2D eigenvalue weighted by molar-refractivity contribution is -0.150. The molecule has 1 rings (SSSR count). The van der Waals surface area contributed by atoms with Gasteiger partial charge in [0.2, 0.25) is 5.91 Å². The van der Waals surface area contributed by atoms with Gasteiger partial charge in [-0.05, 0) is 45.7 Å². The van der Waals surface area contributed by atoms with Crippen molar-refractivity contribution in [3.05, 3.63) is 0 Å². The van der Waals surface area contributed by atoms with Gasteiger partial charge in [-0.2, -0.15) is 0 Å². The number of aliphatic carboxylic acids is 1. The van der Waals surface area contributed by atoms with Crippen LogP contribution in [0, 0.1) is 11.3 Å². The average Bonchev–Trinajstić information content (AvgIpc) is 2.38. The van der Waals surface area contributed by atoms with Gasteiger partial charge >= 0.3 is 5.97 Å². The van der Waals surface area contributed by atoms with E-state index in [4.69, 9.17) is 0 Å². The van der Waals surface area contributed by atoms with E-state index in [-0.39, 0.29) is 24.2 Å². The van der Waals surface area contributed by atoms with Crippen LogP contribution in [0.5, 0.6) is 0 Å². The van der Waals surface area contributed by atoms with Crippen molar-refractivity contribution in [3.8, 4) is 0 Å². The number of likely N-dealkylation sites (tertiary alicyclic amines) is 1. The molecule has 1 fully saturated rings. The zero-order valence-corrected chi connectivity index (χ0v) is 13.3. The fraction of sp³-hybridized carbons (Fsp3) is 0.800. The summed E-state index contributed by atoms with van der Waals surface area (Å²) in [5.74, 6) is -0.940. The minimum absolute atomic E-state index is 0.0459. The predicted octanol–water partition coefficient (Wildman–Crippen LogP) is 0.903. The van der Waals surface area contributed by atoms with Gasteiger partial charge in [0, 0.05) is 0 Å². The van der Waals surface area contributed by atoms with Gasteiger partial charge in [0.25, 0.3) is 0 Å². The second-order valence-corrected chi connectivity index (χ2v) is 6.54. The average molecular weight is 298 g/mol. The van der Waals surface area contributed by atoms with E-state index in [1.165, 1.54) is 6.92 Å². The number of carboxylic acids is 1. The molecule has 0 saturated carbocycles. The zero-order valence-electron chi connectivity index (χ0n) is 13.3. The van der Waals surface area contributed by atoms with Gasteiger partial charge in [0.1, 0.15) is 0 Å². The number of carbonyl (C=O) groups excluding carboxylic acids is 2. The van der Waals surface area contributed by atoms with E-state index in [9.17, 15) is 19.5 Å². The summed E-state index contributed by atoms with van der Waals surface area (Å²) in [5.41, 5.74) is -0.688. The molecule has 1 unspecified atom stereocenters. The highest BCUT2D eigenvalue weighted by Crippen LogP contribution is 2.30. The summed E-state index contributed by atoms with van der Waals surface area (Å²) in [7, 11) is 0. The number of nitrogens with one attached hydrogen (secondary N) is 1. The number of amides is 1. The molecule has 1 heterocycles. The Morgan fingerprint density at radius 1 is 1.24 bits per heavy atom. The van der Waals surface area contributed by atoms with Crippen molar-refractivity contribution < 1.29 is 19.5 Å². The van der Waals surface area contributed by atoms with Crippen LogP contribution in [0.4, 0.5) is 0 Å². The van der Waals surface area contributed by atoms with Crippen LogP contribution in [0.3, 0.4) is 0 Å². The van der Waals surface area contributed by atoms with Crippen molar-refractivity contribution in [1.82, 2.24) is 10.2 Å². The smallest absolute Gasteiger partial charge is 0.309 e. The van der Waals surface area contributed by atoms with Gasteiger partial charge in [-0.3, -0.25) is 19.3 Å². The Balaban J connectivity index is 2.47. The highest BCUT2D eigenvalue weighted by atomic mass is 16.4. The number of rotatable bonds is 6. The Labute approximate surface area is 125 Å². The topological polar surface area (TPSA) is 86.7 Å². The highest BCUT2D eigenvalue weighted by Gasteiger charge is 2.37. The molecule has 1 atom stereocenters. The maximum Gasteiger partial charge on any atom is 0.309 e. The first-order chi connectivity index (χ1) is 9.65. The van der Waals surface area contributed by atoms with Gasteiger partial charge in [-0.15, -0.1) is 0 Å². The van der Waals surface area contributed by atoms with Crippen LogP contribution < -0.4 is 5.32 Å². The molecule has 1 amide bonds. The van der Waals surface area contributed by atoms with Crippen LogP contribution in [0.2, 0.25) is 0 Å². The number of carbonyl (C=O) groups is 3. The third-order valence-electron chi connectivity index (χ3n) is 4.26. The van der Waals surface area contributed by atoms with E-state index < -0.39 is 17.4 Å². The first-order valence-electron chi connectivity index (χ1n) is 7.41. The van der Waals surface area contributed by atoms with Crippen LogP contribution in [-0.4, -0.2) is 53.3 Å². The highest BCUT2D eigenvalue weighted by molar-refractivity contribution is 5.88. The van der Waals surface area contributed by atoms with Crippen LogP contribution in [0.15, 0.2) is 0 Å². The second kappa shape index (κ2) is 7.02. The molecular weight excluding hydrogens is 272 g/mol. The van der Waals surface area contributed by atoms with E-state index in [1.807, 2.05) is 18.7 Å². The number of carboxylic acid groups (broad SMARTS) is 1. The fourth-order valence-corrected chi connectivity index (χ4v) is 2.58. The lowest BCUT2D eigenvalue weighted by atomic mass is 9.80. The summed E-state index contributed by atoms with van der Waals surface area (Å²) in [4.78, 5) is 36.6. The Bertz CT molecular complexity index is 412. The molecular formula is C15H26N2O4. The molecule has 0 aromatic heterocycles. The summed E-state index contributed by atoms with van der Waals surface area (Å²) < 4.78 is 0. The first-order valence-corrected chi connectivity index (χ1v) is 7.41. The Morgan fingerprint density at radius 2 is 1.76 bits per heavy atom. The van der Waals surface area contributed by atoms with Crippen molar-refractivity contribution in [2.45, 2.75) is 46.6 Å². The van der Waals surface area contributed by atoms with Crippen molar-refractivity contribution in [2.24, 2.45) is 11.3 Å². The van der Waals surface area contributed by atoms with Gasteiger partial charge in [0.15, 0.2) is 5.78 Å². The Morgan fingerprint density at radius 3 is 2.14 bits per heavy atom. The molecule has 0 aliphatic carbocycles. The summed E-state index contributed by atoms with van der Waals surface area (Å²) in [6, 6.07) is -0.452. The van der Waals surface area contributed by atoms with Crippen molar-refractivity contribution in [3.63, 3.8) is 0 Å². The summed E-state index contributed by atoms with van der Waals surface area (Å²) >= 11 is 0. The molecule has 0 bridgehead atoms. The SMILES string of the molecule is CC(=O)C(NC(=O)CN1CCC(C)(C(=O)O)CC1)C(C)C. The van der Waals surface area contributed by atoms with Gasteiger partial charge in [-0.1, -0.05) is 13.8 Å². The van der Waals surface area contributed by atoms with Crippen LogP contribution in [0.1, 0.15) is 40.5 Å². The van der Waals surface area contributed by atoms with Crippen LogP contribution in [-0.2, 0) is 14.4 Å². The number of hydrogen-bond donors (Lipinski definition) is 2. The molecule has 120 valence electrons. The molecule has 6 nitrogen and oxygen atoms in total. The summed E-state index contributed by atoms with van der Waals surface area (Å²) in [5, 5.41) is 11.9. The molecule has 21 heavy (non-hydrogen) atoms. The molecule has 0 spiro atoms. The monoisotopic (exact) mass is 298 g/mol. The van der Waals surface area contributed by atoms with Crippen LogP contribution in [0.25, 0.3) is 0 Å². The van der Waals surface area contributed by atoms with Gasteiger partial charge in [-0.25, -0.2) is 0 Å². The molecule has 1 saturated heterocycles. The third kappa shape index (κ3) is 4.81. The van der Waals surface area contributed by atoms with E-state index in [2.05, 4.69) is 5.32 Å². The lowest BCUT2D eigenvalue weighted by Gasteiger charge is -2.36. The van der Waals surface area contributed by atoms with Crippen molar-refractivity contribution >= 4 is 17.7 Å². The van der Waals surface area contributed by atoms with E-state index in [0.29, 0.717) is 25.9 Å². The fourth-order valence-electron chi connectivity index (χ4n) is 2.58. The molecule has 1 aliphatic rings. The quantitative estimate of drug-likeness (QED) is 0.761. The molecule has 6 heteroatoms. The molecule has 1 aliphatic heterocycles. The number of piperidine rings is 1. The molecule has 0 aromatic rings. The van der Waals surface area contributed by atoms with E-state index in [0.717, 1.165) is 0 Å². The maximum absolute atomic E-state index is 12.0. The van der Waals surface area contributed by atoms with E-state index >= 15 is 0 Å². The number of hydrogen-bond acceptors (Lipinski definition) is 4. The normalized spacial score (nSPS) is 20.0. The Kier molecular flexibility index (Phi) is 5.89. The second-order valence-electron chi connectivity index (χ2n) is 6.54. The Hall–Kier alpha value is -1.43. The molecule has 0 radical (unpaired) electrons. The van der Waals surface area contributed by atoms with Crippen molar-refractivity contribution in [1.29, 1.82) is 0 Å². The zero-order chi connectivity index (χ0) is 16.2. The largest absolute Gasteiger partial charge is 0.481 e. The van der Waals surface area contributed by atoms with Crippen LogP contribution >= 0.6 is 0 Å². The van der Waals surface area contributed by atoms with E-state index in [1.54, 1.807) is 6.92 Å². The summed E-state index contributed by atoms with van der Waals surface area (Å²) in [6.45, 7) is 8.40. The number of nitrogens with zero attached hydrogens (tertiary/aromatic N) is 1. The number of Topliss-reactive ketones (excluding diaryl/α,β-unsaturated/α-hetero) is 1. The number of ketones is 1. The molecule has 0 aromatic carbocycles. The van der Waals surface area contributed by atoms with Gasteiger partial charge < -0.3 is 10.4 Å². The predicted molar refractivity (Wildman–Crippen MR) is 78.9 cm³/mol. The first kappa shape index (κ1) is 17.6. The summed E-state index contributed by atoms with van der Waals surface area (Å²) in [6.07, 6.45) is 1.08. The molecule has 2 N–H and O–H groups in total. The standard InChI is InChI=1S/C15H26N2O4/c1-10(2)13(11(3)18)16-12(19)9-17-7-5-15(4,6-8-17)14(20)21/h10,13H,5-9H2,1-4H3,(H,16,19)(H,20,21). The third-order valence-corrected chi connectivity index (χ3v) is 4.26. The maximum atomic E-state index is 12.0. The van der Waals surface area contributed by atoms with Crippen molar-refractivity contribution in [2.75, 3.05) is 19.6 Å².